The van der Waals surface area contributed by atoms with Crippen LogP contribution in [0.25, 0.3) is 0 Å². The van der Waals surface area contributed by atoms with Crippen LogP contribution in [0.4, 0.5) is 4.79 Å². The lowest BCUT2D eigenvalue weighted by molar-refractivity contribution is -0.143. The van der Waals surface area contributed by atoms with Crippen LogP contribution in [0.2, 0.25) is 0 Å². The molecule has 1 aliphatic heterocycles. The molecule has 1 aliphatic rings. The molecule has 2 rings (SSSR count). The predicted octanol–water partition coefficient (Wildman–Crippen LogP) is 1.13. The molecule has 2 heterocycles. The number of aliphatic carboxylic acids is 1. The highest BCUT2D eigenvalue weighted by Gasteiger charge is 2.27. The summed E-state index contributed by atoms with van der Waals surface area (Å²) < 4.78 is 0. The molecule has 0 radical (unpaired) electrons. The van der Waals surface area contributed by atoms with E-state index < -0.39 is 11.9 Å². The number of aromatic nitrogens is 1. The number of hydrogen-bond donors (Lipinski definition) is 2. The van der Waals surface area contributed by atoms with Crippen molar-refractivity contribution in [1.29, 1.82) is 0 Å². The number of carboxylic acids is 1. The molecule has 2 N–H and O–H groups in total. The summed E-state index contributed by atoms with van der Waals surface area (Å²) in [5.74, 6) is -1.26. The number of nitrogens with zero attached hydrogens (tertiary/aromatic N) is 2. The summed E-state index contributed by atoms with van der Waals surface area (Å²) in [4.78, 5) is 28.5. The minimum Gasteiger partial charge on any atom is -0.481 e. The Hall–Kier alpha value is -2.11. The third kappa shape index (κ3) is 3.94. The van der Waals surface area contributed by atoms with E-state index in [4.69, 9.17) is 5.11 Å². The van der Waals surface area contributed by atoms with Gasteiger partial charge in [0.2, 0.25) is 0 Å². The van der Waals surface area contributed by atoms with Crippen molar-refractivity contribution in [3.05, 3.63) is 30.1 Å². The molecule has 1 aromatic rings. The van der Waals surface area contributed by atoms with Crippen molar-refractivity contribution < 1.29 is 14.7 Å². The predicted molar refractivity (Wildman–Crippen MR) is 73.3 cm³/mol. The number of carboxylic acid groups (broad SMARTS) is 1. The maximum Gasteiger partial charge on any atom is 0.317 e. The number of pyridine rings is 1. The van der Waals surface area contributed by atoms with Crippen LogP contribution in [0.15, 0.2) is 24.5 Å². The van der Waals surface area contributed by atoms with Gasteiger partial charge < -0.3 is 15.3 Å². The number of hydrogen-bond acceptors (Lipinski definition) is 3. The molecule has 0 unspecified atom stereocenters. The molecule has 6 heteroatoms. The number of piperidine rings is 1. The Kier molecular flexibility index (Phi) is 4.92. The number of likely N-dealkylation sites (tertiary alicyclic amines) is 1. The van der Waals surface area contributed by atoms with Crippen molar-refractivity contribution in [2.45, 2.75) is 19.3 Å². The SMILES string of the molecule is O=C(O)[C@@H]1CCCN(C(=O)NCCc2cccnc2)C1. The van der Waals surface area contributed by atoms with Gasteiger partial charge in [-0.15, -0.1) is 0 Å². The zero-order valence-electron chi connectivity index (χ0n) is 11.3. The molecule has 2 amide bonds. The number of rotatable bonds is 4. The third-order valence-corrected chi connectivity index (χ3v) is 3.47. The summed E-state index contributed by atoms with van der Waals surface area (Å²) in [6.45, 7) is 1.45. The smallest absolute Gasteiger partial charge is 0.317 e. The average Bonchev–Trinajstić information content (AvgIpc) is 2.48. The first-order chi connectivity index (χ1) is 9.66. The highest BCUT2D eigenvalue weighted by atomic mass is 16.4. The van der Waals surface area contributed by atoms with E-state index in [9.17, 15) is 9.59 Å². The Morgan fingerprint density at radius 3 is 3.05 bits per heavy atom. The first-order valence-corrected chi connectivity index (χ1v) is 6.81. The van der Waals surface area contributed by atoms with Crippen LogP contribution in [-0.4, -0.2) is 46.6 Å². The fourth-order valence-electron chi connectivity index (χ4n) is 2.33. The topological polar surface area (TPSA) is 82.5 Å². The van der Waals surface area contributed by atoms with E-state index in [2.05, 4.69) is 10.3 Å². The van der Waals surface area contributed by atoms with Crippen LogP contribution in [0.1, 0.15) is 18.4 Å². The van der Waals surface area contributed by atoms with E-state index in [-0.39, 0.29) is 6.03 Å². The quantitative estimate of drug-likeness (QED) is 0.864. The van der Waals surface area contributed by atoms with Crippen LogP contribution >= 0.6 is 0 Å². The van der Waals surface area contributed by atoms with Gasteiger partial charge in [0.15, 0.2) is 0 Å². The van der Waals surface area contributed by atoms with Gasteiger partial charge in [0, 0.05) is 32.0 Å². The molecule has 108 valence electrons. The third-order valence-electron chi connectivity index (χ3n) is 3.47. The number of carbonyl (C=O) groups is 2. The molecule has 1 saturated heterocycles. The van der Waals surface area contributed by atoms with Crippen LogP contribution in [-0.2, 0) is 11.2 Å². The van der Waals surface area contributed by atoms with Gasteiger partial charge in [0.25, 0.3) is 0 Å². The zero-order chi connectivity index (χ0) is 14.4. The van der Waals surface area contributed by atoms with Gasteiger partial charge in [-0.05, 0) is 30.9 Å². The second-order valence-corrected chi connectivity index (χ2v) is 4.97. The van der Waals surface area contributed by atoms with Crippen molar-refractivity contribution in [2.24, 2.45) is 5.92 Å². The summed E-state index contributed by atoms with van der Waals surface area (Å²) in [6.07, 6.45) is 5.59. The van der Waals surface area contributed by atoms with Gasteiger partial charge in [0.05, 0.1) is 5.92 Å². The van der Waals surface area contributed by atoms with E-state index >= 15 is 0 Å². The highest BCUT2D eigenvalue weighted by molar-refractivity contribution is 5.76. The first-order valence-electron chi connectivity index (χ1n) is 6.81. The molecule has 1 atom stereocenters. The molecular formula is C14H19N3O3. The van der Waals surface area contributed by atoms with Crippen LogP contribution in [0.5, 0.6) is 0 Å². The Balaban J connectivity index is 1.75. The van der Waals surface area contributed by atoms with Gasteiger partial charge >= 0.3 is 12.0 Å². The van der Waals surface area contributed by atoms with E-state index in [1.54, 1.807) is 17.3 Å². The van der Waals surface area contributed by atoms with Crippen molar-refractivity contribution in [2.75, 3.05) is 19.6 Å². The van der Waals surface area contributed by atoms with Crippen molar-refractivity contribution in [3.8, 4) is 0 Å². The minimum atomic E-state index is -0.821. The van der Waals surface area contributed by atoms with Crippen molar-refractivity contribution in [1.82, 2.24) is 15.2 Å². The first kappa shape index (κ1) is 14.3. The van der Waals surface area contributed by atoms with Crippen LogP contribution in [0.3, 0.4) is 0 Å². The average molecular weight is 277 g/mol. The summed E-state index contributed by atoms with van der Waals surface area (Å²) in [5.41, 5.74) is 1.06. The molecule has 0 spiro atoms. The summed E-state index contributed by atoms with van der Waals surface area (Å²) in [7, 11) is 0. The van der Waals surface area contributed by atoms with Crippen molar-refractivity contribution in [3.63, 3.8) is 0 Å². The van der Waals surface area contributed by atoms with Crippen LogP contribution in [0, 0.1) is 5.92 Å². The molecular weight excluding hydrogens is 258 g/mol. The van der Waals surface area contributed by atoms with E-state index in [1.807, 2.05) is 12.1 Å². The maximum atomic E-state index is 12.0. The minimum absolute atomic E-state index is 0.181. The number of nitrogens with one attached hydrogen (secondary N) is 1. The van der Waals surface area contributed by atoms with Gasteiger partial charge in [-0.25, -0.2) is 4.79 Å². The fraction of sp³-hybridized carbons (Fsp3) is 0.500. The monoisotopic (exact) mass is 277 g/mol. The van der Waals surface area contributed by atoms with Gasteiger partial charge in [-0.1, -0.05) is 6.07 Å². The van der Waals surface area contributed by atoms with Gasteiger partial charge in [-0.3, -0.25) is 9.78 Å². The summed E-state index contributed by atoms with van der Waals surface area (Å²) >= 11 is 0. The highest BCUT2D eigenvalue weighted by Crippen LogP contribution is 2.16. The van der Waals surface area contributed by atoms with E-state index in [0.717, 1.165) is 18.4 Å². The summed E-state index contributed by atoms with van der Waals surface area (Å²) in [6, 6.07) is 3.64. The Morgan fingerprint density at radius 2 is 2.35 bits per heavy atom. The maximum absolute atomic E-state index is 12.0. The molecule has 0 saturated carbocycles. The standard InChI is InChI=1S/C14H19N3O3/c18-13(19)12-4-2-8-17(10-12)14(20)16-7-5-11-3-1-6-15-9-11/h1,3,6,9,12H,2,4-5,7-8,10H2,(H,16,20)(H,18,19)/t12-/m1/s1. The Morgan fingerprint density at radius 1 is 1.50 bits per heavy atom. The zero-order valence-corrected chi connectivity index (χ0v) is 11.3. The molecule has 1 aromatic heterocycles. The number of urea groups is 1. The summed E-state index contributed by atoms with van der Waals surface area (Å²) in [5, 5.41) is 11.8. The lowest BCUT2D eigenvalue weighted by Gasteiger charge is -2.30. The number of amides is 2. The number of carbonyl (C=O) groups excluding carboxylic acids is 1. The normalized spacial score (nSPS) is 18.6. The Bertz CT molecular complexity index is 464. The van der Waals surface area contributed by atoms with Gasteiger partial charge in [0.1, 0.15) is 0 Å². The molecule has 20 heavy (non-hydrogen) atoms. The lowest BCUT2D eigenvalue weighted by atomic mass is 9.99. The second-order valence-electron chi connectivity index (χ2n) is 4.97. The van der Waals surface area contributed by atoms with Crippen molar-refractivity contribution >= 4 is 12.0 Å². The van der Waals surface area contributed by atoms with E-state index in [1.165, 1.54) is 0 Å². The largest absolute Gasteiger partial charge is 0.481 e. The molecule has 0 aromatic carbocycles. The van der Waals surface area contributed by atoms with Gasteiger partial charge in [-0.2, -0.15) is 0 Å². The van der Waals surface area contributed by atoms with Crippen LogP contribution < -0.4 is 5.32 Å². The molecule has 0 bridgehead atoms. The lowest BCUT2D eigenvalue weighted by Crippen LogP contribution is -2.47. The Labute approximate surface area is 117 Å². The molecule has 0 aliphatic carbocycles. The van der Waals surface area contributed by atoms with E-state index in [0.29, 0.717) is 26.1 Å². The second kappa shape index (κ2) is 6.88. The molecule has 6 nitrogen and oxygen atoms in total. The molecule has 1 fully saturated rings. The fourth-order valence-corrected chi connectivity index (χ4v) is 2.33.